The number of alkyl halides is 1. The predicted molar refractivity (Wildman–Crippen MR) is 80.1 cm³/mol. The molecule has 0 aliphatic heterocycles. The van der Waals surface area contributed by atoms with Crippen molar-refractivity contribution in [2.45, 2.75) is 12.8 Å². The Kier molecular flexibility index (Phi) is 5.16. The third kappa shape index (κ3) is 4.52. The molecule has 0 unspecified atom stereocenters. The van der Waals surface area contributed by atoms with Crippen LogP contribution in [0.2, 0.25) is 0 Å². The van der Waals surface area contributed by atoms with Gasteiger partial charge >= 0.3 is 0 Å². The van der Waals surface area contributed by atoms with Crippen LogP contribution < -0.4 is 4.74 Å². The van der Waals surface area contributed by atoms with E-state index in [0.29, 0.717) is 11.8 Å². The Hall–Kier alpha value is -1.61. The minimum atomic E-state index is 0.217. The standard InChI is InChI=1S/C16H15BrO2/c17-12-14(18)10-9-13-5-4-8-16(11-13)19-15-6-2-1-3-7-15/h1-8,11H,9-10,12H2. The fourth-order valence-corrected chi connectivity index (χ4v) is 2.02. The number of hydrogen-bond acceptors (Lipinski definition) is 2. The molecule has 2 aromatic carbocycles. The van der Waals surface area contributed by atoms with Crippen LogP contribution in [-0.4, -0.2) is 11.1 Å². The van der Waals surface area contributed by atoms with Crippen molar-refractivity contribution in [1.82, 2.24) is 0 Å². The molecule has 0 spiro atoms. The molecule has 3 heteroatoms. The van der Waals surface area contributed by atoms with Crippen molar-refractivity contribution >= 4 is 21.7 Å². The molecule has 0 amide bonds. The Morgan fingerprint density at radius 3 is 2.47 bits per heavy atom. The van der Waals surface area contributed by atoms with E-state index in [0.717, 1.165) is 23.5 Å². The zero-order valence-corrected chi connectivity index (χ0v) is 12.1. The molecule has 0 heterocycles. The summed E-state index contributed by atoms with van der Waals surface area (Å²) in [7, 11) is 0. The molecule has 0 aromatic heterocycles. The summed E-state index contributed by atoms with van der Waals surface area (Å²) in [6.07, 6.45) is 1.30. The highest BCUT2D eigenvalue weighted by Crippen LogP contribution is 2.22. The zero-order valence-electron chi connectivity index (χ0n) is 10.5. The number of para-hydroxylation sites is 1. The summed E-state index contributed by atoms with van der Waals surface area (Å²) in [5.41, 5.74) is 1.11. The number of benzene rings is 2. The Balaban J connectivity index is 2.01. The molecule has 0 aliphatic carbocycles. The summed E-state index contributed by atoms with van der Waals surface area (Å²) in [6.45, 7) is 0. The molecule has 19 heavy (non-hydrogen) atoms. The summed E-state index contributed by atoms with van der Waals surface area (Å²) in [4.78, 5) is 11.3. The van der Waals surface area contributed by atoms with Gasteiger partial charge in [0.25, 0.3) is 0 Å². The highest BCUT2D eigenvalue weighted by Gasteiger charge is 2.02. The molecule has 0 fully saturated rings. The average Bonchev–Trinajstić information content (AvgIpc) is 2.46. The Bertz CT molecular complexity index is 537. The van der Waals surface area contributed by atoms with Crippen LogP contribution in [0, 0.1) is 0 Å². The number of rotatable bonds is 6. The highest BCUT2D eigenvalue weighted by atomic mass is 79.9. The first-order valence-electron chi connectivity index (χ1n) is 6.17. The maximum Gasteiger partial charge on any atom is 0.143 e. The van der Waals surface area contributed by atoms with E-state index in [1.54, 1.807) is 0 Å². The van der Waals surface area contributed by atoms with Gasteiger partial charge < -0.3 is 4.74 Å². The van der Waals surface area contributed by atoms with E-state index in [-0.39, 0.29) is 5.78 Å². The van der Waals surface area contributed by atoms with Crippen molar-refractivity contribution < 1.29 is 9.53 Å². The second-order valence-corrected chi connectivity index (χ2v) is 4.80. The monoisotopic (exact) mass is 318 g/mol. The Morgan fingerprint density at radius 1 is 1.00 bits per heavy atom. The number of ketones is 1. The molecular weight excluding hydrogens is 304 g/mol. The molecule has 2 aromatic rings. The van der Waals surface area contributed by atoms with Gasteiger partial charge in [0, 0.05) is 6.42 Å². The van der Waals surface area contributed by atoms with Gasteiger partial charge in [-0.1, -0.05) is 46.3 Å². The molecule has 0 atom stereocenters. The molecule has 0 bridgehead atoms. The van der Waals surface area contributed by atoms with Gasteiger partial charge in [-0.05, 0) is 36.2 Å². The van der Waals surface area contributed by atoms with Gasteiger partial charge in [0.05, 0.1) is 5.33 Å². The summed E-state index contributed by atoms with van der Waals surface area (Å²) in [5.74, 6) is 1.83. The summed E-state index contributed by atoms with van der Waals surface area (Å²) >= 11 is 3.17. The largest absolute Gasteiger partial charge is 0.457 e. The topological polar surface area (TPSA) is 26.3 Å². The Labute approximate surface area is 121 Å². The van der Waals surface area contributed by atoms with Gasteiger partial charge in [-0.25, -0.2) is 0 Å². The minimum Gasteiger partial charge on any atom is -0.457 e. The van der Waals surface area contributed by atoms with E-state index in [9.17, 15) is 4.79 Å². The van der Waals surface area contributed by atoms with Gasteiger partial charge in [-0.15, -0.1) is 0 Å². The van der Waals surface area contributed by atoms with Crippen LogP contribution >= 0.6 is 15.9 Å². The lowest BCUT2D eigenvalue weighted by Gasteiger charge is -2.07. The van der Waals surface area contributed by atoms with E-state index in [1.807, 2.05) is 54.6 Å². The van der Waals surface area contributed by atoms with E-state index >= 15 is 0 Å². The fraction of sp³-hybridized carbons (Fsp3) is 0.188. The van der Waals surface area contributed by atoms with Crippen LogP contribution in [0.4, 0.5) is 0 Å². The van der Waals surface area contributed by atoms with Gasteiger partial charge in [0.1, 0.15) is 17.3 Å². The third-order valence-electron chi connectivity index (χ3n) is 2.72. The van der Waals surface area contributed by atoms with Crippen molar-refractivity contribution in [3.05, 3.63) is 60.2 Å². The second-order valence-electron chi connectivity index (χ2n) is 4.23. The lowest BCUT2D eigenvalue weighted by Crippen LogP contribution is -2.00. The Morgan fingerprint density at radius 2 is 1.74 bits per heavy atom. The van der Waals surface area contributed by atoms with Crippen molar-refractivity contribution in [2.24, 2.45) is 0 Å². The first kappa shape index (κ1) is 13.8. The SMILES string of the molecule is O=C(CBr)CCc1cccc(Oc2ccccc2)c1. The number of Topliss-reactive ketones (excluding diaryl/α,β-unsaturated/α-hetero) is 1. The maximum absolute atomic E-state index is 11.3. The number of hydrogen-bond donors (Lipinski definition) is 0. The van der Waals surface area contributed by atoms with Crippen LogP contribution in [0.5, 0.6) is 11.5 Å². The van der Waals surface area contributed by atoms with Crippen molar-refractivity contribution in [2.75, 3.05) is 5.33 Å². The third-order valence-corrected chi connectivity index (χ3v) is 3.34. The smallest absolute Gasteiger partial charge is 0.143 e. The number of aryl methyl sites for hydroxylation is 1. The number of ether oxygens (including phenoxy) is 1. The van der Waals surface area contributed by atoms with Gasteiger partial charge in [-0.3, -0.25) is 4.79 Å². The lowest BCUT2D eigenvalue weighted by atomic mass is 10.1. The molecule has 2 nitrogen and oxygen atoms in total. The molecule has 2 rings (SSSR count). The first-order chi connectivity index (χ1) is 9.28. The van der Waals surface area contributed by atoms with Gasteiger partial charge in [-0.2, -0.15) is 0 Å². The molecule has 0 saturated carbocycles. The van der Waals surface area contributed by atoms with Crippen molar-refractivity contribution in [3.8, 4) is 11.5 Å². The summed E-state index contributed by atoms with van der Waals surface area (Å²) in [6, 6.07) is 17.5. The number of halogens is 1. The van der Waals surface area contributed by atoms with Crippen LogP contribution in [0.15, 0.2) is 54.6 Å². The minimum absolute atomic E-state index is 0.217. The quantitative estimate of drug-likeness (QED) is 0.739. The lowest BCUT2D eigenvalue weighted by molar-refractivity contribution is -0.116. The zero-order chi connectivity index (χ0) is 13.5. The summed E-state index contributed by atoms with van der Waals surface area (Å²) < 4.78 is 5.76. The molecule has 0 radical (unpaired) electrons. The molecular formula is C16H15BrO2. The van der Waals surface area contributed by atoms with Crippen molar-refractivity contribution in [1.29, 1.82) is 0 Å². The molecule has 0 N–H and O–H groups in total. The summed E-state index contributed by atoms with van der Waals surface area (Å²) in [5, 5.41) is 0.424. The average molecular weight is 319 g/mol. The van der Waals surface area contributed by atoms with Crippen LogP contribution in [0.1, 0.15) is 12.0 Å². The van der Waals surface area contributed by atoms with Crippen LogP contribution in [0.25, 0.3) is 0 Å². The van der Waals surface area contributed by atoms with Crippen molar-refractivity contribution in [3.63, 3.8) is 0 Å². The van der Waals surface area contributed by atoms with E-state index in [2.05, 4.69) is 15.9 Å². The molecule has 0 saturated heterocycles. The normalized spacial score (nSPS) is 10.2. The first-order valence-corrected chi connectivity index (χ1v) is 7.29. The van der Waals surface area contributed by atoms with Gasteiger partial charge in [0.2, 0.25) is 0 Å². The van der Waals surface area contributed by atoms with Crippen LogP contribution in [-0.2, 0) is 11.2 Å². The fourth-order valence-electron chi connectivity index (χ4n) is 1.74. The highest BCUT2D eigenvalue weighted by molar-refractivity contribution is 9.09. The molecule has 0 aliphatic rings. The van der Waals surface area contributed by atoms with E-state index < -0.39 is 0 Å². The number of carbonyl (C=O) groups excluding carboxylic acids is 1. The second kappa shape index (κ2) is 7.10. The van der Waals surface area contributed by atoms with Gasteiger partial charge in [0.15, 0.2) is 0 Å². The number of carbonyl (C=O) groups is 1. The predicted octanol–water partition coefficient (Wildman–Crippen LogP) is 4.38. The maximum atomic E-state index is 11.3. The van der Waals surface area contributed by atoms with Crippen LogP contribution in [0.3, 0.4) is 0 Å². The molecule has 98 valence electrons. The van der Waals surface area contributed by atoms with E-state index in [4.69, 9.17) is 4.74 Å². The van der Waals surface area contributed by atoms with E-state index in [1.165, 1.54) is 0 Å².